The number of amides is 1. The lowest BCUT2D eigenvalue weighted by Gasteiger charge is -2.35. The Labute approximate surface area is 228 Å². The molecular weight excluding hydrogens is 486 g/mol. The van der Waals surface area contributed by atoms with E-state index in [0.717, 1.165) is 5.56 Å². The molecular formula is C33H31N3O3. The molecule has 0 spiro atoms. The molecule has 196 valence electrons. The minimum atomic E-state index is -1.50. The van der Waals surface area contributed by atoms with Crippen molar-refractivity contribution in [3.8, 4) is 5.75 Å². The number of hydrogen-bond donors (Lipinski definition) is 2. The highest BCUT2D eigenvalue weighted by Gasteiger charge is 2.43. The first-order valence-electron chi connectivity index (χ1n) is 12.9. The normalized spacial score (nSPS) is 18.8. The number of azo groups is 1. The molecule has 1 aliphatic carbocycles. The number of nitrogens with zero attached hydrogens (tertiary/aromatic N) is 2. The van der Waals surface area contributed by atoms with Crippen LogP contribution in [0.3, 0.4) is 0 Å². The zero-order valence-corrected chi connectivity index (χ0v) is 22.2. The van der Waals surface area contributed by atoms with E-state index >= 15 is 0 Å². The molecule has 4 aromatic rings. The van der Waals surface area contributed by atoms with Gasteiger partial charge >= 0.3 is 0 Å². The molecule has 6 nitrogen and oxygen atoms in total. The van der Waals surface area contributed by atoms with Gasteiger partial charge in [-0.1, -0.05) is 93.6 Å². The van der Waals surface area contributed by atoms with Gasteiger partial charge in [-0.3, -0.25) is 4.79 Å². The minimum absolute atomic E-state index is 0.0205. The number of rotatable bonds is 6. The predicted octanol–water partition coefficient (Wildman–Crippen LogP) is 7.61. The molecule has 4 aromatic carbocycles. The summed E-state index contributed by atoms with van der Waals surface area (Å²) in [5.41, 5.74) is 2.14. The number of carbonyl (C=O) groups is 1. The van der Waals surface area contributed by atoms with E-state index in [1.54, 1.807) is 24.3 Å². The second-order valence-electron chi connectivity index (χ2n) is 10.5. The van der Waals surface area contributed by atoms with E-state index in [4.69, 9.17) is 9.85 Å². The number of nitrogens with one attached hydrogen (secondary N) is 1. The largest absolute Gasteiger partial charge is 0.457 e. The average molecular weight is 518 g/mol. The predicted molar refractivity (Wildman–Crippen MR) is 153 cm³/mol. The maximum Gasteiger partial charge on any atom is 0.265 e. The Hall–Kier alpha value is -4.55. The van der Waals surface area contributed by atoms with Crippen LogP contribution in [0.5, 0.6) is 5.75 Å². The number of fused-ring (bicyclic) bond motifs is 1. The number of aliphatic hydroxyl groups excluding tert-OH is 1. The molecule has 0 saturated carbocycles. The number of para-hydroxylation sites is 1. The Bertz CT molecular complexity index is 1510. The maximum atomic E-state index is 13.5. The highest BCUT2D eigenvalue weighted by atomic mass is 16.5. The molecule has 2 N–H and O–H groups in total. The summed E-state index contributed by atoms with van der Waals surface area (Å²) in [5.74, 6) is 0.106. The van der Waals surface area contributed by atoms with E-state index < -0.39 is 17.7 Å². The monoisotopic (exact) mass is 517 g/mol. The van der Waals surface area contributed by atoms with Crippen LogP contribution in [-0.2, 0) is 15.9 Å². The Morgan fingerprint density at radius 1 is 0.846 bits per heavy atom. The van der Waals surface area contributed by atoms with Crippen LogP contribution in [0.1, 0.15) is 43.6 Å². The van der Waals surface area contributed by atoms with Crippen molar-refractivity contribution < 1.29 is 14.6 Å². The van der Waals surface area contributed by atoms with Crippen molar-refractivity contribution in [2.45, 2.75) is 38.0 Å². The lowest BCUT2D eigenvalue weighted by Crippen LogP contribution is -2.37. The van der Waals surface area contributed by atoms with Crippen LogP contribution in [0.2, 0.25) is 0 Å². The van der Waals surface area contributed by atoms with Crippen molar-refractivity contribution in [3.63, 3.8) is 0 Å². The van der Waals surface area contributed by atoms with Crippen molar-refractivity contribution in [3.05, 3.63) is 138 Å². The second-order valence-corrected chi connectivity index (χ2v) is 10.5. The molecule has 2 atom stereocenters. The molecule has 0 heterocycles. The van der Waals surface area contributed by atoms with Crippen molar-refractivity contribution >= 4 is 17.3 Å². The van der Waals surface area contributed by atoms with E-state index in [-0.39, 0.29) is 11.0 Å². The van der Waals surface area contributed by atoms with Gasteiger partial charge in [-0.2, -0.15) is 5.11 Å². The number of anilines is 1. The summed E-state index contributed by atoms with van der Waals surface area (Å²) in [4.78, 5) is 13.5. The standard InChI is InChI=1S/C33H31N3O3/c1-32(2,3)23-18-20-26(21-19-23)39-33(36-35-25-14-8-5-9-15-25)22-28(30(37)27-16-10-11-17-29(27)33)31(38)34-24-12-6-4-7-13-24/h4-22,30,37H,1-3H3,(H,34,38)/b36-35+. The topological polar surface area (TPSA) is 83.3 Å². The quantitative estimate of drug-likeness (QED) is 0.258. The fraction of sp³-hybridized carbons (Fsp3) is 0.182. The highest BCUT2D eigenvalue weighted by molar-refractivity contribution is 6.05. The summed E-state index contributed by atoms with van der Waals surface area (Å²) in [5, 5.41) is 23.4. The first-order valence-corrected chi connectivity index (χ1v) is 12.9. The van der Waals surface area contributed by atoms with Gasteiger partial charge in [-0.05, 0) is 52.9 Å². The summed E-state index contributed by atoms with van der Waals surface area (Å²) < 4.78 is 6.61. The highest BCUT2D eigenvalue weighted by Crippen LogP contribution is 2.44. The third-order valence-electron chi connectivity index (χ3n) is 6.64. The van der Waals surface area contributed by atoms with Crippen LogP contribution >= 0.6 is 0 Å². The molecule has 39 heavy (non-hydrogen) atoms. The minimum Gasteiger partial charge on any atom is -0.457 e. The van der Waals surface area contributed by atoms with Gasteiger partial charge in [0.2, 0.25) is 0 Å². The lowest BCUT2D eigenvalue weighted by molar-refractivity contribution is -0.114. The molecule has 0 fully saturated rings. The van der Waals surface area contributed by atoms with E-state index in [2.05, 4.69) is 31.2 Å². The molecule has 2 unspecified atom stereocenters. The third kappa shape index (κ3) is 5.66. The van der Waals surface area contributed by atoms with E-state index in [0.29, 0.717) is 28.3 Å². The number of ether oxygens (including phenoxy) is 1. The van der Waals surface area contributed by atoms with Gasteiger partial charge in [0, 0.05) is 17.3 Å². The Balaban J connectivity index is 1.64. The molecule has 1 aliphatic rings. The molecule has 0 aromatic heterocycles. The lowest BCUT2D eigenvalue weighted by atomic mass is 9.83. The number of carbonyl (C=O) groups excluding carboxylic acids is 1. The molecule has 6 heteroatoms. The molecule has 1 amide bonds. The molecule has 0 aliphatic heterocycles. The van der Waals surface area contributed by atoms with Crippen molar-refractivity contribution in [1.29, 1.82) is 0 Å². The summed E-state index contributed by atoms with van der Waals surface area (Å²) >= 11 is 0. The van der Waals surface area contributed by atoms with Crippen LogP contribution in [0, 0.1) is 0 Å². The van der Waals surface area contributed by atoms with Crippen molar-refractivity contribution in [2.24, 2.45) is 10.2 Å². The van der Waals surface area contributed by atoms with Gasteiger partial charge in [-0.25, -0.2) is 0 Å². The van der Waals surface area contributed by atoms with Crippen LogP contribution in [0.4, 0.5) is 11.4 Å². The van der Waals surface area contributed by atoms with Gasteiger partial charge < -0.3 is 15.2 Å². The van der Waals surface area contributed by atoms with E-state index in [9.17, 15) is 9.90 Å². The Morgan fingerprint density at radius 2 is 1.46 bits per heavy atom. The second kappa shape index (κ2) is 10.7. The van der Waals surface area contributed by atoms with E-state index in [1.165, 1.54) is 0 Å². The fourth-order valence-electron chi connectivity index (χ4n) is 4.53. The van der Waals surface area contributed by atoms with Gasteiger partial charge in [0.25, 0.3) is 11.6 Å². The van der Waals surface area contributed by atoms with Gasteiger partial charge in [0.05, 0.1) is 11.3 Å². The average Bonchev–Trinajstić information content (AvgIpc) is 2.95. The molecule has 5 rings (SSSR count). The number of benzene rings is 4. The van der Waals surface area contributed by atoms with Crippen LogP contribution in [0.25, 0.3) is 0 Å². The number of hydrogen-bond acceptors (Lipinski definition) is 5. The first-order chi connectivity index (χ1) is 18.7. The Kier molecular flexibility index (Phi) is 7.13. The zero-order chi connectivity index (χ0) is 27.5. The van der Waals surface area contributed by atoms with Gasteiger partial charge in [-0.15, -0.1) is 5.11 Å². The maximum absolute atomic E-state index is 13.5. The van der Waals surface area contributed by atoms with Crippen LogP contribution in [0.15, 0.2) is 131 Å². The van der Waals surface area contributed by atoms with Crippen LogP contribution < -0.4 is 10.1 Å². The molecule has 0 radical (unpaired) electrons. The fourth-order valence-corrected chi connectivity index (χ4v) is 4.53. The van der Waals surface area contributed by atoms with Gasteiger partial charge in [0.1, 0.15) is 11.9 Å². The van der Waals surface area contributed by atoms with E-state index in [1.807, 2.05) is 91.0 Å². The van der Waals surface area contributed by atoms with Gasteiger partial charge in [0.15, 0.2) is 0 Å². The zero-order valence-electron chi connectivity index (χ0n) is 22.2. The SMILES string of the molecule is CC(C)(C)c1ccc(OC2(/N=N/c3ccccc3)C=C(C(=O)Nc3ccccc3)C(O)c3ccccc32)cc1. The number of aliphatic hydroxyl groups is 1. The smallest absolute Gasteiger partial charge is 0.265 e. The van der Waals surface area contributed by atoms with Crippen molar-refractivity contribution in [2.75, 3.05) is 5.32 Å². The molecule has 0 saturated heterocycles. The summed E-state index contributed by atoms with van der Waals surface area (Å²) in [7, 11) is 0. The summed E-state index contributed by atoms with van der Waals surface area (Å²) in [6, 6.07) is 33.6. The summed E-state index contributed by atoms with van der Waals surface area (Å²) in [6.07, 6.45) is 0.402. The Morgan fingerprint density at radius 3 is 2.13 bits per heavy atom. The summed E-state index contributed by atoms with van der Waals surface area (Å²) in [6.45, 7) is 6.45. The van der Waals surface area contributed by atoms with Crippen molar-refractivity contribution in [1.82, 2.24) is 0 Å². The van der Waals surface area contributed by atoms with Crippen LogP contribution in [-0.4, -0.2) is 11.0 Å². The molecule has 0 bridgehead atoms. The third-order valence-corrected chi connectivity index (χ3v) is 6.64. The first kappa shape index (κ1) is 26.1.